The third-order valence-electron chi connectivity index (χ3n) is 6.01. The molecule has 2 heterocycles. The molecule has 0 radical (unpaired) electrons. The van der Waals surface area contributed by atoms with Crippen LogP contribution < -0.4 is 5.43 Å². The summed E-state index contributed by atoms with van der Waals surface area (Å²) in [6.07, 6.45) is 0.758. The third-order valence-corrected chi connectivity index (χ3v) is 6.01. The van der Waals surface area contributed by atoms with Crippen LogP contribution >= 0.6 is 0 Å². The molecule has 3 aromatic rings. The minimum atomic E-state index is -0.406. The number of rotatable bonds is 6. The van der Waals surface area contributed by atoms with E-state index in [4.69, 9.17) is 9.15 Å². The van der Waals surface area contributed by atoms with Crippen molar-refractivity contribution in [1.29, 1.82) is 0 Å². The molecule has 33 heavy (non-hydrogen) atoms. The first-order chi connectivity index (χ1) is 15.8. The Morgan fingerprint density at radius 1 is 1.06 bits per heavy atom. The molecule has 1 aliphatic rings. The van der Waals surface area contributed by atoms with Crippen LogP contribution in [0.1, 0.15) is 38.2 Å². The average molecular weight is 452 g/mol. The normalized spacial score (nSPS) is 15.2. The zero-order valence-corrected chi connectivity index (χ0v) is 18.9. The highest BCUT2D eigenvalue weighted by molar-refractivity contribution is 5.90. The van der Waals surface area contributed by atoms with Gasteiger partial charge in [-0.2, -0.15) is 0 Å². The molecule has 0 bridgehead atoms. The van der Waals surface area contributed by atoms with Crippen LogP contribution in [0.15, 0.2) is 51.7 Å². The molecular formula is C26H29NO6. The standard InChI is InChI=1S/C26H29NO6/c1-16(2)12-18(13-23(31)27-8-10-32-11-9-27)24-19(28)14-20(29)25-21(30)15-22(33-26(24)25)17-6-4-3-5-7-17/h3-7,14-16,18,28-29H,8-13H2,1-2H3/t18-/m1/s1. The van der Waals surface area contributed by atoms with Crippen LogP contribution in [-0.4, -0.2) is 47.3 Å². The van der Waals surface area contributed by atoms with Crippen molar-refractivity contribution in [2.24, 2.45) is 5.92 Å². The van der Waals surface area contributed by atoms with Crippen LogP contribution in [0, 0.1) is 5.92 Å². The number of hydrogen-bond donors (Lipinski definition) is 2. The van der Waals surface area contributed by atoms with Gasteiger partial charge < -0.3 is 24.3 Å². The number of amides is 1. The fourth-order valence-electron chi connectivity index (χ4n) is 4.49. The lowest BCUT2D eigenvalue weighted by atomic mass is 9.85. The number of carbonyl (C=O) groups excluding carboxylic acids is 1. The highest BCUT2D eigenvalue weighted by atomic mass is 16.5. The van der Waals surface area contributed by atoms with Crippen LogP contribution in [0.2, 0.25) is 0 Å². The molecule has 0 saturated carbocycles. The Morgan fingerprint density at radius 3 is 2.42 bits per heavy atom. The summed E-state index contributed by atoms with van der Waals surface area (Å²) in [5, 5.41) is 21.3. The summed E-state index contributed by atoms with van der Waals surface area (Å²) in [6, 6.07) is 11.7. The Kier molecular flexibility index (Phi) is 6.70. The van der Waals surface area contributed by atoms with Crippen LogP contribution in [0.4, 0.5) is 0 Å². The van der Waals surface area contributed by atoms with Gasteiger partial charge in [-0.3, -0.25) is 9.59 Å². The smallest absolute Gasteiger partial charge is 0.223 e. The van der Waals surface area contributed by atoms with Gasteiger partial charge in [-0.25, -0.2) is 0 Å². The van der Waals surface area contributed by atoms with Gasteiger partial charge in [-0.15, -0.1) is 0 Å². The molecule has 7 heteroatoms. The van der Waals surface area contributed by atoms with Gasteiger partial charge in [0.15, 0.2) is 5.43 Å². The Morgan fingerprint density at radius 2 is 1.76 bits per heavy atom. The van der Waals surface area contributed by atoms with Crippen molar-refractivity contribution in [2.75, 3.05) is 26.3 Å². The van der Waals surface area contributed by atoms with E-state index in [1.165, 1.54) is 12.1 Å². The van der Waals surface area contributed by atoms with Crippen molar-refractivity contribution in [3.8, 4) is 22.8 Å². The highest BCUT2D eigenvalue weighted by Gasteiger charge is 2.29. The topological polar surface area (TPSA) is 100 Å². The first kappa shape index (κ1) is 22.9. The third kappa shape index (κ3) is 4.88. The summed E-state index contributed by atoms with van der Waals surface area (Å²) < 4.78 is 11.5. The van der Waals surface area contributed by atoms with Crippen LogP contribution in [-0.2, 0) is 9.53 Å². The Hall–Kier alpha value is -3.32. The maximum atomic E-state index is 13.1. The predicted octanol–water partition coefficient (Wildman–Crippen LogP) is 4.25. The van der Waals surface area contributed by atoms with Crippen LogP contribution in [0.3, 0.4) is 0 Å². The van der Waals surface area contributed by atoms with Gasteiger partial charge in [-0.05, 0) is 12.3 Å². The number of phenols is 2. The summed E-state index contributed by atoms with van der Waals surface area (Å²) >= 11 is 0. The van der Waals surface area contributed by atoms with Crippen LogP contribution in [0.5, 0.6) is 11.5 Å². The lowest BCUT2D eigenvalue weighted by Crippen LogP contribution is -2.41. The van der Waals surface area contributed by atoms with Gasteiger partial charge in [0, 0.05) is 48.7 Å². The number of morpholine rings is 1. The Bertz CT molecular complexity index is 1190. The number of aromatic hydroxyl groups is 2. The van der Waals surface area contributed by atoms with E-state index in [1.54, 1.807) is 4.90 Å². The van der Waals surface area contributed by atoms with E-state index in [2.05, 4.69) is 0 Å². The van der Waals surface area contributed by atoms with E-state index in [1.807, 2.05) is 44.2 Å². The minimum absolute atomic E-state index is 0.00931. The van der Waals surface area contributed by atoms with Crippen molar-refractivity contribution in [3.05, 3.63) is 58.3 Å². The average Bonchev–Trinajstić information content (AvgIpc) is 2.79. The predicted molar refractivity (Wildman–Crippen MR) is 125 cm³/mol. The number of hydrogen-bond acceptors (Lipinski definition) is 6. The molecule has 2 aromatic carbocycles. The van der Waals surface area contributed by atoms with Gasteiger partial charge in [0.1, 0.15) is 28.2 Å². The maximum absolute atomic E-state index is 13.1. The zero-order chi connectivity index (χ0) is 23.5. The van der Waals surface area contributed by atoms with Crippen molar-refractivity contribution < 1.29 is 24.2 Å². The van der Waals surface area contributed by atoms with Gasteiger partial charge in [0.2, 0.25) is 5.91 Å². The van der Waals surface area contributed by atoms with E-state index in [-0.39, 0.29) is 40.7 Å². The van der Waals surface area contributed by atoms with E-state index in [0.29, 0.717) is 49.6 Å². The molecule has 174 valence electrons. The molecule has 2 N–H and O–H groups in total. The fourth-order valence-corrected chi connectivity index (χ4v) is 4.49. The quantitative estimate of drug-likeness (QED) is 0.581. The first-order valence-corrected chi connectivity index (χ1v) is 11.3. The van der Waals surface area contributed by atoms with Crippen molar-refractivity contribution in [2.45, 2.75) is 32.6 Å². The molecule has 1 atom stereocenters. The fraction of sp³-hybridized carbons (Fsp3) is 0.385. The second kappa shape index (κ2) is 9.67. The molecule has 4 rings (SSSR count). The summed E-state index contributed by atoms with van der Waals surface area (Å²) in [5.41, 5.74) is 0.805. The monoisotopic (exact) mass is 451 g/mol. The van der Waals surface area contributed by atoms with Crippen molar-refractivity contribution >= 4 is 16.9 Å². The second-order valence-electron chi connectivity index (χ2n) is 8.90. The van der Waals surface area contributed by atoms with E-state index in [9.17, 15) is 19.8 Å². The van der Waals surface area contributed by atoms with Gasteiger partial charge in [0.25, 0.3) is 0 Å². The Labute approximate surface area is 192 Å². The molecule has 1 fully saturated rings. The molecule has 0 spiro atoms. The minimum Gasteiger partial charge on any atom is -0.507 e. The molecule has 7 nitrogen and oxygen atoms in total. The molecule has 0 unspecified atom stereocenters. The molecule has 1 amide bonds. The zero-order valence-electron chi connectivity index (χ0n) is 18.9. The highest BCUT2D eigenvalue weighted by Crippen LogP contribution is 2.42. The summed E-state index contributed by atoms with van der Waals surface area (Å²) in [7, 11) is 0. The van der Waals surface area contributed by atoms with Crippen LogP contribution in [0.25, 0.3) is 22.3 Å². The Balaban J connectivity index is 1.85. The SMILES string of the molecule is CC(C)C[C@H](CC(=O)N1CCOCC1)c1c(O)cc(O)c2c(=O)cc(-c3ccccc3)oc12. The van der Waals surface area contributed by atoms with E-state index in [0.717, 1.165) is 0 Å². The number of carbonyl (C=O) groups is 1. The largest absolute Gasteiger partial charge is 0.507 e. The first-order valence-electron chi connectivity index (χ1n) is 11.3. The van der Waals surface area contributed by atoms with Crippen molar-refractivity contribution in [1.82, 2.24) is 4.90 Å². The van der Waals surface area contributed by atoms with E-state index < -0.39 is 11.3 Å². The molecule has 1 aliphatic heterocycles. The number of benzene rings is 2. The number of phenolic OH excluding ortho intramolecular Hbond substituents is 2. The lowest BCUT2D eigenvalue weighted by molar-refractivity contribution is -0.135. The van der Waals surface area contributed by atoms with Crippen molar-refractivity contribution in [3.63, 3.8) is 0 Å². The summed E-state index contributed by atoms with van der Waals surface area (Å²) in [5.74, 6) is -0.401. The summed E-state index contributed by atoms with van der Waals surface area (Å²) in [6.45, 7) is 6.15. The number of fused-ring (bicyclic) bond motifs is 1. The van der Waals surface area contributed by atoms with Gasteiger partial charge in [0.05, 0.1) is 13.2 Å². The number of nitrogens with zero attached hydrogens (tertiary/aromatic N) is 1. The van der Waals surface area contributed by atoms with Gasteiger partial charge >= 0.3 is 0 Å². The van der Waals surface area contributed by atoms with Gasteiger partial charge in [-0.1, -0.05) is 44.2 Å². The lowest BCUT2D eigenvalue weighted by Gasteiger charge is -2.29. The van der Waals surface area contributed by atoms with E-state index >= 15 is 0 Å². The molecule has 1 saturated heterocycles. The molecular weight excluding hydrogens is 422 g/mol. The molecule has 0 aliphatic carbocycles. The molecule has 1 aromatic heterocycles. The number of ether oxygens (including phenoxy) is 1. The second-order valence-corrected chi connectivity index (χ2v) is 8.90. The summed E-state index contributed by atoms with van der Waals surface area (Å²) in [4.78, 5) is 27.8. The maximum Gasteiger partial charge on any atom is 0.223 e.